The third-order valence-electron chi connectivity index (χ3n) is 2.43. The molecule has 0 aromatic heterocycles. The van der Waals surface area contributed by atoms with Crippen molar-refractivity contribution in [1.29, 1.82) is 0 Å². The van der Waals surface area contributed by atoms with Crippen LogP contribution in [0.3, 0.4) is 0 Å². The maximum absolute atomic E-state index is 12.6. The Hall–Kier alpha value is -0.780. The molecule has 2 nitrogen and oxygen atoms in total. The summed E-state index contributed by atoms with van der Waals surface area (Å²) in [5.41, 5.74) is 2.39. The van der Waals surface area contributed by atoms with Crippen LogP contribution in [0.4, 0.5) is 13.2 Å². The van der Waals surface area contributed by atoms with Crippen LogP contribution >= 0.6 is 11.6 Å². The van der Waals surface area contributed by atoms with Crippen molar-refractivity contribution < 1.29 is 18.0 Å². The van der Waals surface area contributed by atoms with Crippen molar-refractivity contribution >= 4 is 11.6 Å². The highest BCUT2D eigenvalue weighted by Crippen LogP contribution is 2.36. The van der Waals surface area contributed by atoms with Gasteiger partial charge in [-0.1, -0.05) is 17.7 Å². The van der Waals surface area contributed by atoms with Crippen molar-refractivity contribution in [2.24, 2.45) is 0 Å². The molecule has 1 saturated heterocycles. The van der Waals surface area contributed by atoms with Gasteiger partial charge in [0.15, 0.2) is 0 Å². The molecule has 6 heteroatoms. The zero-order chi connectivity index (χ0) is 11.8. The average molecular weight is 252 g/mol. The van der Waals surface area contributed by atoms with Gasteiger partial charge >= 0.3 is 6.18 Å². The lowest BCUT2D eigenvalue weighted by Crippen LogP contribution is -2.13. The van der Waals surface area contributed by atoms with Crippen LogP contribution in [0, 0.1) is 0 Å². The SMILES string of the molecule is FC(F)(F)c1cc(C2CCON2)ccc1Cl. The predicted octanol–water partition coefficient (Wildman–Crippen LogP) is 3.32. The number of rotatable bonds is 1. The normalized spacial score (nSPS) is 21.4. The molecule has 0 spiro atoms. The Labute approximate surface area is 95.3 Å². The highest BCUT2D eigenvalue weighted by Gasteiger charge is 2.34. The number of halogens is 4. The van der Waals surface area contributed by atoms with Gasteiger partial charge in [0, 0.05) is 0 Å². The Bertz CT molecular complexity index is 388. The molecule has 1 fully saturated rings. The highest BCUT2D eigenvalue weighted by atomic mass is 35.5. The molecule has 0 radical (unpaired) electrons. The average Bonchev–Trinajstić information content (AvgIpc) is 2.69. The summed E-state index contributed by atoms with van der Waals surface area (Å²) in [7, 11) is 0. The van der Waals surface area contributed by atoms with Crippen LogP contribution in [0.25, 0.3) is 0 Å². The minimum Gasteiger partial charge on any atom is -0.301 e. The van der Waals surface area contributed by atoms with Crippen LogP contribution in [0.15, 0.2) is 18.2 Å². The monoisotopic (exact) mass is 251 g/mol. The van der Waals surface area contributed by atoms with Gasteiger partial charge in [-0.25, -0.2) is 0 Å². The summed E-state index contributed by atoms with van der Waals surface area (Å²) in [5.74, 6) is 0. The summed E-state index contributed by atoms with van der Waals surface area (Å²) in [6, 6.07) is 3.71. The molecule has 1 aromatic carbocycles. The largest absolute Gasteiger partial charge is 0.417 e. The molecule has 1 unspecified atom stereocenters. The zero-order valence-corrected chi connectivity index (χ0v) is 8.90. The second-order valence-corrected chi connectivity index (χ2v) is 3.95. The molecule has 0 saturated carbocycles. The lowest BCUT2D eigenvalue weighted by molar-refractivity contribution is -0.137. The van der Waals surface area contributed by atoms with Gasteiger partial charge in [-0.3, -0.25) is 0 Å². The van der Waals surface area contributed by atoms with Gasteiger partial charge in [-0.2, -0.15) is 18.7 Å². The fourth-order valence-electron chi connectivity index (χ4n) is 1.61. The molecule has 2 rings (SSSR count). The molecular weight excluding hydrogens is 243 g/mol. The summed E-state index contributed by atoms with van der Waals surface area (Å²) in [6.07, 6.45) is -3.77. The smallest absolute Gasteiger partial charge is 0.301 e. The first-order valence-electron chi connectivity index (χ1n) is 4.72. The number of benzene rings is 1. The van der Waals surface area contributed by atoms with Crippen LogP contribution in [-0.4, -0.2) is 6.61 Å². The van der Waals surface area contributed by atoms with E-state index in [0.29, 0.717) is 18.6 Å². The van der Waals surface area contributed by atoms with E-state index in [9.17, 15) is 13.2 Å². The lowest BCUT2D eigenvalue weighted by Gasteiger charge is -2.13. The third-order valence-corrected chi connectivity index (χ3v) is 2.76. The predicted molar refractivity (Wildman–Crippen MR) is 52.9 cm³/mol. The summed E-state index contributed by atoms with van der Waals surface area (Å²) in [6.45, 7) is 0.495. The molecule has 1 aromatic rings. The number of alkyl halides is 3. The molecule has 0 aliphatic carbocycles. The molecule has 16 heavy (non-hydrogen) atoms. The summed E-state index contributed by atoms with van der Waals surface area (Å²) < 4.78 is 37.7. The van der Waals surface area contributed by atoms with E-state index in [0.717, 1.165) is 6.07 Å². The molecule has 88 valence electrons. The van der Waals surface area contributed by atoms with Crippen molar-refractivity contribution in [3.05, 3.63) is 34.3 Å². The fourth-order valence-corrected chi connectivity index (χ4v) is 1.83. The Morgan fingerprint density at radius 1 is 1.38 bits per heavy atom. The Morgan fingerprint density at radius 2 is 2.12 bits per heavy atom. The van der Waals surface area contributed by atoms with Crippen LogP contribution in [0.2, 0.25) is 5.02 Å². The van der Waals surface area contributed by atoms with Crippen molar-refractivity contribution in [3.63, 3.8) is 0 Å². The van der Waals surface area contributed by atoms with Crippen molar-refractivity contribution in [2.45, 2.75) is 18.6 Å². The first kappa shape index (κ1) is 11.7. The van der Waals surface area contributed by atoms with Crippen molar-refractivity contribution in [2.75, 3.05) is 6.61 Å². The third kappa shape index (κ3) is 2.31. The van der Waals surface area contributed by atoms with Gasteiger partial charge in [0.1, 0.15) is 0 Å². The van der Waals surface area contributed by atoms with Crippen LogP contribution in [0.1, 0.15) is 23.6 Å². The van der Waals surface area contributed by atoms with Crippen LogP contribution in [-0.2, 0) is 11.0 Å². The minimum atomic E-state index is -4.42. The molecule has 1 atom stereocenters. The highest BCUT2D eigenvalue weighted by molar-refractivity contribution is 6.31. The number of hydrogen-bond donors (Lipinski definition) is 1. The summed E-state index contributed by atoms with van der Waals surface area (Å²) >= 11 is 5.52. The van der Waals surface area contributed by atoms with E-state index in [1.165, 1.54) is 6.07 Å². The van der Waals surface area contributed by atoms with Crippen molar-refractivity contribution in [1.82, 2.24) is 5.48 Å². The Morgan fingerprint density at radius 3 is 2.69 bits per heavy atom. The second-order valence-electron chi connectivity index (χ2n) is 3.54. The van der Waals surface area contributed by atoms with Gasteiger partial charge in [-0.05, 0) is 24.1 Å². The van der Waals surface area contributed by atoms with E-state index in [4.69, 9.17) is 16.4 Å². The molecule has 0 amide bonds. The van der Waals surface area contributed by atoms with E-state index in [1.807, 2.05) is 0 Å². The quantitative estimate of drug-likeness (QED) is 0.827. The number of hydrogen-bond acceptors (Lipinski definition) is 2. The van der Waals surface area contributed by atoms with Crippen LogP contribution < -0.4 is 5.48 Å². The molecule has 1 aliphatic heterocycles. The van der Waals surface area contributed by atoms with Gasteiger partial charge in [0.2, 0.25) is 0 Å². The van der Waals surface area contributed by atoms with E-state index in [-0.39, 0.29) is 11.1 Å². The molecule has 1 N–H and O–H groups in total. The maximum atomic E-state index is 12.6. The Balaban J connectivity index is 2.35. The van der Waals surface area contributed by atoms with E-state index in [2.05, 4.69) is 5.48 Å². The molecule has 1 aliphatic rings. The first-order valence-corrected chi connectivity index (χ1v) is 5.10. The van der Waals surface area contributed by atoms with Gasteiger partial charge in [0.05, 0.1) is 23.2 Å². The fraction of sp³-hybridized carbons (Fsp3) is 0.400. The summed E-state index contributed by atoms with van der Waals surface area (Å²) in [4.78, 5) is 4.90. The maximum Gasteiger partial charge on any atom is 0.417 e. The van der Waals surface area contributed by atoms with Crippen molar-refractivity contribution in [3.8, 4) is 0 Å². The number of hydroxylamine groups is 1. The lowest BCUT2D eigenvalue weighted by atomic mass is 10.0. The van der Waals surface area contributed by atoms with Gasteiger partial charge in [0.25, 0.3) is 0 Å². The Kier molecular flexibility index (Phi) is 3.10. The second kappa shape index (κ2) is 4.24. The zero-order valence-electron chi connectivity index (χ0n) is 8.14. The standard InChI is InChI=1S/C10H9ClF3NO/c11-8-2-1-6(9-3-4-16-15-9)5-7(8)10(12,13)14/h1-2,5,9,15H,3-4H2. The minimum absolute atomic E-state index is 0.196. The molecule has 0 bridgehead atoms. The first-order chi connectivity index (χ1) is 7.48. The van der Waals surface area contributed by atoms with E-state index < -0.39 is 11.7 Å². The molecule has 1 heterocycles. The van der Waals surface area contributed by atoms with E-state index in [1.54, 1.807) is 6.07 Å². The van der Waals surface area contributed by atoms with Crippen LogP contribution in [0.5, 0.6) is 0 Å². The van der Waals surface area contributed by atoms with E-state index >= 15 is 0 Å². The topological polar surface area (TPSA) is 21.3 Å². The summed E-state index contributed by atoms with van der Waals surface area (Å²) in [5, 5.41) is -0.282. The molecular formula is C10H9ClF3NO. The van der Waals surface area contributed by atoms with Gasteiger partial charge < -0.3 is 4.84 Å². The van der Waals surface area contributed by atoms with Gasteiger partial charge in [-0.15, -0.1) is 0 Å². The number of nitrogens with one attached hydrogen (secondary N) is 1.